The van der Waals surface area contributed by atoms with Crippen LogP contribution in [0.25, 0.3) is 11.1 Å². The third kappa shape index (κ3) is 4.85. The van der Waals surface area contributed by atoms with Crippen LogP contribution in [0.5, 0.6) is 0 Å². The van der Waals surface area contributed by atoms with E-state index < -0.39 is 17.8 Å². The second kappa shape index (κ2) is 9.09. The summed E-state index contributed by atoms with van der Waals surface area (Å²) in [6.45, 7) is 0.286. The van der Waals surface area contributed by atoms with E-state index in [0.29, 0.717) is 35.4 Å². The Morgan fingerprint density at radius 3 is 2.67 bits per heavy atom. The van der Waals surface area contributed by atoms with Crippen LogP contribution >= 0.6 is 11.8 Å². The van der Waals surface area contributed by atoms with Crippen molar-refractivity contribution in [3.63, 3.8) is 0 Å². The van der Waals surface area contributed by atoms with Gasteiger partial charge in [0.25, 0.3) is 5.91 Å². The van der Waals surface area contributed by atoms with E-state index in [0.717, 1.165) is 12.1 Å². The molecule has 0 radical (unpaired) electrons. The highest BCUT2D eigenvalue weighted by atomic mass is 32.2. The molecular formula is C23H22F3N3O3S. The Hall–Kier alpha value is -3.01. The SMILES string of the molecule is CSCC(=O)N[C@@H]1CCN2C(=O)c3cc(-c4cccc(C(F)(F)F)c4)ccc3NC(=O)[C@@H]2C1. The number of anilines is 1. The topological polar surface area (TPSA) is 78.5 Å². The Kier molecular flexibility index (Phi) is 6.38. The molecule has 10 heteroatoms. The third-order valence-electron chi connectivity index (χ3n) is 5.84. The standard InChI is InChI=1S/C23H22F3N3O3S/c1-33-12-20(30)27-16-7-8-29-19(11-16)21(31)28-18-6-5-14(10-17(18)22(29)32)13-3-2-4-15(9-13)23(24,25)26/h2-6,9-10,16,19H,7-8,11-12H2,1H3,(H,27,30)(H,28,31)/t16-,19+/m1/s1. The molecule has 2 aliphatic heterocycles. The molecule has 0 aromatic heterocycles. The Morgan fingerprint density at radius 1 is 1.18 bits per heavy atom. The van der Waals surface area contributed by atoms with Crippen LogP contribution < -0.4 is 10.6 Å². The highest BCUT2D eigenvalue weighted by Crippen LogP contribution is 2.35. The van der Waals surface area contributed by atoms with Gasteiger partial charge < -0.3 is 15.5 Å². The molecule has 2 aromatic rings. The first-order valence-corrected chi connectivity index (χ1v) is 11.8. The molecule has 0 bridgehead atoms. The summed E-state index contributed by atoms with van der Waals surface area (Å²) < 4.78 is 39.4. The molecular weight excluding hydrogens is 455 g/mol. The number of rotatable bonds is 4. The maximum Gasteiger partial charge on any atom is 0.416 e. The van der Waals surface area contributed by atoms with Crippen LogP contribution in [-0.4, -0.2) is 53.3 Å². The summed E-state index contributed by atoms with van der Waals surface area (Å²) >= 11 is 1.40. The van der Waals surface area contributed by atoms with Crippen LogP contribution in [0.2, 0.25) is 0 Å². The molecule has 33 heavy (non-hydrogen) atoms. The maximum absolute atomic E-state index is 13.3. The molecule has 174 valence electrons. The van der Waals surface area contributed by atoms with Gasteiger partial charge in [-0.25, -0.2) is 0 Å². The van der Waals surface area contributed by atoms with Crippen molar-refractivity contribution in [1.29, 1.82) is 0 Å². The maximum atomic E-state index is 13.3. The fourth-order valence-electron chi connectivity index (χ4n) is 4.24. The number of halogens is 3. The summed E-state index contributed by atoms with van der Waals surface area (Å²) in [7, 11) is 0. The first-order chi connectivity index (χ1) is 15.7. The Balaban J connectivity index is 1.61. The van der Waals surface area contributed by atoms with Gasteiger partial charge in [0.1, 0.15) is 6.04 Å². The molecule has 0 saturated carbocycles. The second-order valence-electron chi connectivity index (χ2n) is 8.06. The van der Waals surface area contributed by atoms with E-state index in [1.165, 1.54) is 34.9 Å². The average molecular weight is 478 g/mol. The highest BCUT2D eigenvalue weighted by molar-refractivity contribution is 7.99. The number of piperidine rings is 1. The number of amides is 3. The van der Waals surface area contributed by atoms with Crippen LogP contribution in [0.4, 0.5) is 18.9 Å². The molecule has 2 aliphatic rings. The van der Waals surface area contributed by atoms with Crippen LogP contribution in [-0.2, 0) is 15.8 Å². The van der Waals surface area contributed by atoms with Crippen molar-refractivity contribution in [2.24, 2.45) is 0 Å². The molecule has 4 rings (SSSR count). The van der Waals surface area contributed by atoms with E-state index in [1.807, 2.05) is 6.26 Å². The lowest BCUT2D eigenvalue weighted by molar-refractivity contribution is -0.137. The molecule has 2 aromatic carbocycles. The zero-order chi connectivity index (χ0) is 23.8. The average Bonchev–Trinajstić information content (AvgIpc) is 2.88. The van der Waals surface area contributed by atoms with Gasteiger partial charge in [-0.3, -0.25) is 14.4 Å². The van der Waals surface area contributed by atoms with Crippen molar-refractivity contribution in [2.75, 3.05) is 23.9 Å². The zero-order valence-electron chi connectivity index (χ0n) is 17.7. The van der Waals surface area contributed by atoms with E-state index in [-0.39, 0.29) is 35.9 Å². The van der Waals surface area contributed by atoms with Crippen molar-refractivity contribution in [3.8, 4) is 11.1 Å². The molecule has 3 amide bonds. The van der Waals surface area contributed by atoms with Crippen LogP contribution in [0.15, 0.2) is 42.5 Å². The summed E-state index contributed by atoms with van der Waals surface area (Å²) in [5.74, 6) is -0.510. The van der Waals surface area contributed by atoms with E-state index in [9.17, 15) is 27.6 Å². The summed E-state index contributed by atoms with van der Waals surface area (Å²) in [6.07, 6.45) is -1.84. The van der Waals surface area contributed by atoms with Crippen LogP contribution in [0.1, 0.15) is 28.8 Å². The first-order valence-electron chi connectivity index (χ1n) is 10.4. The van der Waals surface area contributed by atoms with E-state index in [4.69, 9.17) is 0 Å². The molecule has 1 saturated heterocycles. The summed E-state index contributed by atoms with van der Waals surface area (Å²) in [4.78, 5) is 39.6. The smallest absolute Gasteiger partial charge is 0.352 e. The number of carbonyl (C=O) groups excluding carboxylic acids is 3. The Morgan fingerprint density at radius 2 is 1.94 bits per heavy atom. The minimum absolute atomic E-state index is 0.115. The van der Waals surface area contributed by atoms with Gasteiger partial charge in [-0.15, -0.1) is 0 Å². The lowest BCUT2D eigenvalue weighted by Crippen LogP contribution is -2.55. The first kappa shape index (κ1) is 23.2. The Labute approximate surface area is 192 Å². The van der Waals surface area contributed by atoms with Gasteiger partial charge in [0.2, 0.25) is 11.8 Å². The minimum Gasteiger partial charge on any atom is -0.352 e. The summed E-state index contributed by atoms with van der Waals surface area (Å²) in [6, 6.07) is 8.57. The zero-order valence-corrected chi connectivity index (χ0v) is 18.6. The fourth-order valence-corrected chi connectivity index (χ4v) is 4.59. The third-order valence-corrected chi connectivity index (χ3v) is 6.39. The number of benzene rings is 2. The van der Waals surface area contributed by atoms with Gasteiger partial charge in [-0.1, -0.05) is 18.2 Å². The molecule has 2 atom stereocenters. The molecule has 1 fully saturated rings. The van der Waals surface area contributed by atoms with Gasteiger partial charge in [0.05, 0.1) is 22.6 Å². The van der Waals surface area contributed by atoms with E-state index in [1.54, 1.807) is 12.1 Å². The number of hydrogen-bond acceptors (Lipinski definition) is 4. The van der Waals surface area contributed by atoms with Crippen LogP contribution in [0.3, 0.4) is 0 Å². The largest absolute Gasteiger partial charge is 0.416 e. The molecule has 0 aliphatic carbocycles. The van der Waals surface area contributed by atoms with Crippen LogP contribution in [0, 0.1) is 0 Å². The number of nitrogens with one attached hydrogen (secondary N) is 2. The molecule has 6 nitrogen and oxygen atoms in total. The van der Waals surface area contributed by atoms with Gasteiger partial charge in [0.15, 0.2) is 0 Å². The normalized spacial score (nSPS) is 20.4. The number of alkyl halides is 3. The minimum atomic E-state index is -4.48. The highest BCUT2D eigenvalue weighted by Gasteiger charge is 2.40. The van der Waals surface area contributed by atoms with Gasteiger partial charge in [0, 0.05) is 12.6 Å². The van der Waals surface area contributed by atoms with Crippen molar-refractivity contribution < 1.29 is 27.6 Å². The van der Waals surface area contributed by atoms with Gasteiger partial charge in [-0.05, 0) is 54.5 Å². The molecule has 0 spiro atoms. The summed E-state index contributed by atoms with van der Waals surface area (Å²) in [5.41, 5.74) is 0.534. The van der Waals surface area contributed by atoms with Crippen molar-refractivity contribution in [2.45, 2.75) is 31.1 Å². The quantitative estimate of drug-likeness (QED) is 0.703. The summed E-state index contributed by atoms with van der Waals surface area (Å²) in [5, 5.41) is 5.68. The molecule has 2 heterocycles. The fraction of sp³-hybridized carbons (Fsp3) is 0.348. The number of fused-ring (bicyclic) bond motifs is 2. The predicted octanol–water partition coefficient (Wildman–Crippen LogP) is 3.78. The van der Waals surface area contributed by atoms with Crippen molar-refractivity contribution in [1.82, 2.24) is 10.2 Å². The van der Waals surface area contributed by atoms with Crippen molar-refractivity contribution in [3.05, 3.63) is 53.6 Å². The lowest BCUT2D eigenvalue weighted by Gasteiger charge is -2.37. The van der Waals surface area contributed by atoms with E-state index >= 15 is 0 Å². The lowest BCUT2D eigenvalue weighted by atomic mass is 9.95. The second-order valence-corrected chi connectivity index (χ2v) is 8.93. The van der Waals surface area contributed by atoms with Gasteiger partial charge >= 0.3 is 6.18 Å². The number of nitrogens with zero attached hydrogens (tertiary/aromatic N) is 1. The molecule has 0 unspecified atom stereocenters. The predicted molar refractivity (Wildman–Crippen MR) is 120 cm³/mol. The molecule has 2 N–H and O–H groups in total. The number of thioether (sulfide) groups is 1. The van der Waals surface area contributed by atoms with Gasteiger partial charge in [-0.2, -0.15) is 24.9 Å². The monoisotopic (exact) mass is 477 g/mol. The van der Waals surface area contributed by atoms with E-state index in [2.05, 4.69) is 10.6 Å². The number of carbonyl (C=O) groups is 3. The number of hydrogen-bond donors (Lipinski definition) is 2. The van der Waals surface area contributed by atoms with Crippen molar-refractivity contribution >= 4 is 35.2 Å². The Bertz CT molecular complexity index is 1110.